The molecular formula is C14H21F2NO2. The van der Waals surface area contributed by atoms with E-state index in [1.54, 1.807) is 13.2 Å². The number of nitrogens with one attached hydrogen (secondary N) is 1. The van der Waals surface area contributed by atoms with Crippen LogP contribution in [0.1, 0.15) is 24.9 Å². The quantitative estimate of drug-likeness (QED) is 0.702. The van der Waals surface area contributed by atoms with Gasteiger partial charge in [-0.25, -0.2) is 8.78 Å². The molecule has 19 heavy (non-hydrogen) atoms. The molecule has 0 amide bonds. The number of hydrogen-bond acceptors (Lipinski definition) is 3. The van der Waals surface area contributed by atoms with Crippen molar-refractivity contribution in [3.05, 3.63) is 35.4 Å². The van der Waals surface area contributed by atoms with Crippen LogP contribution in [0.3, 0.4) is 0 Å². The first-order valence-electron chi connectivity index (χ1n) is 6.44. The zero-order valence-corrected chi connectivity index (χ0v) is 11.4. The van der Waals surface area contributed by atoms with Crippen molar-refractivity contribution in [1.82, 2.24) is 5.32 Å². The van der Waals surface area contributed by atoms with Gasteiger partial charge in [0.25, 0.3) is 0 Å². The summed E-state index contributed by atoms with van der Waals surface area (Å²) in [6.45, 7) is 4.10. The average molecular weight is 273 g/mol. The summed E-state index contributed by atoms with van der Waals surface area (Å²) >= 11 is 0. The van der Waals surface area contributed by atoms with Crippen LogP contribution in [0, 0.1) is 11.6 Å². The summed E-state index contributed by atoms with van der Waals surface area (Å²) in [5.41, 5.74) is 0.345. The van der Waals surface area contributed by atoms with Crippen molar-refractivity contribution in [3.63, 3.8) is 0 Å². The number of halogens is 2. The van der Waals surface area contributed by atoms with Crippen LogP contribution in [0.5, 0.6) is 0 Å². The maximum atomic E-state index is 13.7. The molecule has 0 radical (unpaired) electrons. The highest BCUT2D eigenvalue weighted by atomic mass is 19.2. The first kappa shape index (κ1) is 16.0. The Hall–Kier alpha value is -1.04. The van der Waals surface area contributed by atoms with Crippen LogP contribution in [0.25, 0.3) is 0 Å². The van der Waals surface area contributed by atoms with Gasteiger partial charge in [0.05, 0.1) is 13.2 Å². The van der Waals surface area contributed by atoms with Crippen LogP contribution in [0.4, 0.5) is 8.78 Å². The predicted molar refractivity (Wildman–Crippen MR) is 70.1 cm³/mol. The molecule has 1 atom stereocenters. The summed E-state index contributed by atoms with van der Waals surface area (Å²) in [4.78, 5) is 0. The number of methoxy groups -OCH3 is 1. The summed E-state index contributed by atoms with van der Waals surface area (Å²) < 4.78 is 37.2. The zero-order valence-electron chi connectivity index (χ0n) is 11.4. The molecule has 1 unspecified atom stereocenters. The van der Waals surface area contributed by atoms with Gasteiger partial charge in [0.1, 0.15) is 0 Å². The Morgan fingerprint density at radius 3 is 2.68 bits per heavy atom. The topological polar surface area (TPSA) is 30.5 Å². The molecule has 0 aliphatic rings. The lowest BCUT2D eigenvalue weighted by molar-refractivity contribution is 0.0656. The van der Waals surface area contributed by atoms with E-state index in [1.165, 1.54) is 6.07 Å². The van der Waals surface area contributed by atoms with E-state index in [2.05, 4.69) is 5.32 Å². The standard InChI is InChI=1S/C14H21F2NO2/c1-3-17-13(7-8-19-10-9-18-2)11-5-4-6-12(15)14(11)16/h4-6,13,17H,3,7-10H2,1-2H3. The lowest BCUT2D eigenvalue weighted by Crippen LogP contribution is -2.24. The molecule has 0 saturated heterocycles. The molecule has 0 spiro atoms. The third-order valence-corrected chi connectivity index (χ3v) is 2.79. The Bertz CT molecular complexity index is 374. The second-order valence-electron chi connectivity index (χ2n) is 4.15. The molecular weight excluding hydrogens is 252 g/mol. The van der Waals surface area contributed by atoms with Gasteiger partial charge in [-0.2, -0.15) is 0 Å². The molecule has 0 fully saturated rings. The van der Waals surface area contributed by atoms with E-state index in [0.717, 1.165) is 6.07 Å². The van der Waals surface area contributed by atoms with Crippen molar-refractivity contribution in [2.24, 2.45) is 0 Å². The number of ether oxygens (including phenoxy) is 2. The van der Waals surface area contributed by atoms with Crippen molar-refractivity contribution in [2.45, 2.75) is 19.4 Å². The van der Waals surface area contributed by atoms with Gasteiger partial charge in [-0.05, 0) is 19.0 Å². The third-order valence-electron chi connectivity index (χ3n) is 2.79. The van der Waals surface area contributed by atoms with E-state index < -0.39 is 11.6 Å². The lowest BCUT2D eigenvalue weighted by Gasteiger charge is -2.19. The molecule has 1 aromatic carbocycles. The fraction of sp³-hybridized carbons (Fsp3) is 0.571. The van der Waals surface area contributed by atoms with E-state index in [-0.39, 0.29) is 6.04 Å². The SMILES string of the molecule is CCNC(CCOCCOC)c1cccc(F)c1F. The van der Waals surface area contributed by atoms with E-state index in [4.69, 9.17) is 9.47 Å². The van der Waals surface area contributed by atoms with Crippen LogP contribution < -0.4 is 5.32 Å². The Morgan fingerprint density at radius 2 is 2.00 bits per heavy atom. The molecule has 3 nitrogen and oxygen atoms in total. The molecule has 0 saturated carbocycles. The minimum absolute atomic E-state index is 0.247. The summed E-state index contributed by atoms with van der Waals surface area (Å²) in [6.07, 6.45) is 0.581. The number of hydrogen-bond donors (Lipinski definition) is 1. The molecule has 0 heterocycles. The van der Waals surface area contributed by atoms with E-state index in [9.17, 15) is 8.78 Å². The van der Waals surface area contributed by atoms with Crippen LogP contribution in [0.15, 0.2) is 18.2 Å². The predicted octanol–water partition coefficient (Wildman–Crippen LogP) is 2.67. The molecule has 0 aliphatic carbocycles. The minimum Gasteiger partial charge on any atom is -0.382 e. The van der Waals surface area contributed by atoms with Crippen LogP contribution in [0.2, 0.25) is 0 Å². The molecule has 0 bridgehead atoms. The lowest BCUT2D eigenvalue weighted by atomic mass is 10.0. The van der Waals surface area contributed by atoms with Crippen LogP contribution >= 0.6 is 0 Å². The number of benzene rings is 1. The van der Waals surface area contributed by atoms with Gasteiger partial charge in [-0.15, -0.1) is 0 Å². The summed E-state index contributed by atoms with van der Waals surface area (Å²) in [5, 5.41) is 3.14. The van der Waals surface area contributed by atoms with Crippen molar-refractivity contribution in [2.75, 3.05) is 33.5 Å². The molecule has 108 valence electrons. The highest BCUT2D eigenvalue weighted by Crippen LogP contribution is 2.22. The second kappa shape index (κ2) is 8.96. The molecule has 0 aliphatic heterocycles. The molecule has 0 aromatic heterocycles. The largest absolute Gasteiger partial charge is 0.382 e. The van der Waals surface area contributed by atoms with Crippen molar-refractivity contribution < 1.29 is 18.3 Å². The highest BCUT2D eigenvalue weighted by molar-refractivity contribution is 5.22. The minimum atomic E-state index is -0.819. The van der Waals surface area contributed by atoms with Gasteiger partial charge in [-0.1, -0.05) is 19.1 Å². The second-order valence-corrected chi connectivity index (χ2v) is 4.15. The van der Waals surface area contributed by atoms with Crippen molar-refractivity contribution in [3.8, 4) is 0 Å². The first-order chi connectivity index (χ1) is 9.20. The first-order valence-corrected chi connectivity index (χ1v) is 6.44. The van der Waals surface area contributed by atoms with Crippen LogP contribution in [-0.2, 0) is 9.47 Å². The van der Waals surface area contributed by atoms with E-state index in [1.807, 2.05) is 6.92 Å². The zero-order chi connectivity index (χ0) is 14.1. The Labute approximate surface area is 112 Å². The normalized spacial score (nSPS) is 12.6. The maximum Gasteiger partial charge on any atom is 0.163 e. The maximum absolute atomic E-state index is 13.7. The van der Waals surface area contributed by atoms with E-state index >= 15 is 0 Å². The van der Waals surface area contributed by atoms with Gasteiger partial charge in [-0.3, -0.25) is 0 Å². The van der Waals surface area contributed by atoms with Gasteiger partial charge >= 0.3 is 0 Å². The fourth-order valence-corrected chi connectivity index (χ4v) is 1.85. The molecule has 1 rings (SSSR count). The van der Waals surface area contributed by atoms with Crippen molar-refractivity contribution >= 4 is 0 Å². The molecule has 5 heteroatoms. The fourth-order valence-electron chi connectivity index (χ4n) is 1.85. The number of rotatable bonds is 9. The monoisotopic (exact) mass is 273 g/mol. The van der Waals surface area contributed by atoms with Gasteiger partial charge in [0.15, 0.2) is 11.6 Å². The summed E-state index contributed by atoms with van der Waals surface area (Å²) in [7, 11) is 1.60. The third kappa shape index (κ3) is 5.22. The highest BCUT2D eigenvalue weighted by Gasteiger charge is 2.17. The molecule has 1 N–H and O–H groups in total. The Balaban J connectivity index is 2.58. The smallest absolute Gasteiger partial charge is 0.163 e. The summed E-state index contributed by atoms with van der Waals surface area (Å²) in [6, 6.07) is 3.99. The van der Waals surface area contributed by atoms with Gasteiger partial charge in [0.2, 0.25) is 0 Å². The van der Waals surface area contributed by atoms with Gasteiger partial charge in [0, 0.05) is 25.3 Å². The average Bonchev–Trinajstić information content (AvgIpc) is 2.41. The summed E-state index contributed by atoms with van der Waals surface area (Å²) in [5.74, 6) is -1.61. The van der Waals surface area contributed by atoms with Gasteiger partial charge < -0.3 is 14.8 Å². The van der Waals surface area contributed by atoms with Crippen LogP contribution in [-0.4, -0.2) is 33.5 Å². The Morgan fingerprint density at radius 1 is 1.21 bits per heavy atom. The Kier molecular flexibility index (Phi) is 7.55. The molecule has 1 aromatic rings. The van der Waals surface area contributed by atoms with E-state index in [0.29, 0.717) is 38.3 Å². The van der Waals surface area contributed by atoms with Crippen molar-refractivity contribution in [1.29, 1.82) is 0 Å².